The fraction of sp³-hybridized carbons (Fsp3) is 0.176. The van der Waals surface area contributed by atoms with Crippen LogP contribution in [0.4, 0.5) is 0 Å². The van der Waals surface area contributed by atoms with E-state index in [9.17, 15) is 0 Å². The molecule has 0 radical (unpaired) electrons. The SMILES string of the molecule is Cc1ccc(-c2ccc(C)c(C)c2)cc1C.Cc1ccc(-c2cnc(-c3ccc(C)cc3)nc2)cc1. The summed E-state index contributed by atoms with van der Waals surface area (Å²) in [7, 11) is 0. The maximum absolute atomic E-state index is 4.47. The number of hydrogen-bond acceptors (Lipinski definition) is 2. The summed E-state index contributed by atoms with van der Waals surface area (Å²) in [5.74, 6) is 0.765. The molecule has 0 unspecified atom stereocenters. The second-order valence-corrected chi connectivity index (χ2v) is 9.63. The van der Waals surface area contributed by atoms with Crippen molar-refractivity contribution in [3.05, 3.63) is 131 Å². The van der Waals surface area contributed by atoms with E-state index in [2.05, 4.69) is 136 Å². The van der Waals surface area contributed by atoms with Crippen molar-refractivity contribution in [3.63, 3.8) is 0 Å². The normalized spacial score (nSPS) is 10.5. The van der Waals surface area contributed by atoms with E-state index in [4.69, 9.17) is 0 Å². The van der Waals surface area contributed by atoms with Gasteiger partial charge in [-0.3, -0.25) is 0 Å². The maximum atomic E-state index is 4.47. The van der Waals surface area contributed by atoms with E-state index in [1.165, 1.54) is 44.5 Å². The van der Waals surface area contributed by atoms with E-state index in [1.807, 2.05) is 12.4 Å². The molecule has 180 valence electrons. The van der Waals surface area contributed by atoms with Gasteiger partial charge in [0.25, 0.3) is 0 Å². The lowest BCUT2D eigenvalue weighted by atomic mass is 9.98. The summed E-state index contributed by atoms with van der Waals surface area (Å²) in [6.07, 6.45) is 3.76. The van der Waals surface area contributed by atoms with Gasteiger partial charge >= 0.3 is 0 Å². The zero-order chi connectivity index (χ0) is 25.7. The van der Waals surface area contributed by atoms with E-state index in [1.54, 1.807) is 0 Å². The van der Waals surface area contributed by atoms with Gasteiger partial charge in [-0.1, -0.05) is 96.1 Å². The molecular weight excluding hydrogens is 436 g/mol. The standard InChI is InChI=1S/C18H16N2.C16H18/c1-13-3-7-15(8-4-13)17-11-19-18(20-12-17)16-9-5-14(2)6-10-16;1-11-5-7-15(9-13(11)3)16-8-6-12(2)14(4)10-16/h3-12H,1-2H3;5-10H,1-4H3. The van der Waals surface area contributed by atoms with Crippen molar-refractivity contribution in [1.82, 2.24) is 9.97 Å². The van der Waals surface area contributed by atoms with Gasteiger partial charge in [0.15, 0.2) is 5.82 Å². The molecule has 2 heteroatoms. The van der Waals surface area contributed by atoms with E-state index in [0.717, 1.165) is 22.5 Å². The highest BCUT2D eigenvalue weighted by molar-refractivity contribution is 5.66. The summed E-state index contributed by atoms with van der Waals surface area (Å²) in [6, 6.07) is 30.0. The molecule has 1 heterocycles. The molecule has 0 amide bonds. The Hall–Kier alpha value is -4.04. The van der Waals surface area contributed by atoms with Crippen LogP contribution in [0.3, 0.4) is 0 Å². The summed E-state index contributed by atoms with van der Waals surface area (Å²) in [4.78, 5) is 8.93. The van der Waals surface area contributed by atoms with Gasteiger partial charge in [-0.05, 0) is 80.5 Å². The van der Waals surface area contributed by atoms with Crippen molar-refractivity contribution in [2.75, 3.05) is 0 Å². The number of nitrogens with zero attached hydrogens (tertiary/aromatic N) is 2. The van der Waals surface area contributed by atoms with E-state index in [-0.39, 0.29) is 0 Å². The van der Waals surface area contributed by atoms with Crippen molar-refractivity contribution >= 4 is 0 Å². The molecule has 4 aromatic carbocycles. The van der Waals surface area contributed by atoms with Gasteiger partial charge in [-0.25, -0.2) is 9.97 Å². The molecule has 0 atom stereocenters. The van der Waals surface area contributed by atoms with Crippen LogP contribution >= 0.6 is 0 Å². The van der Waals surface area contributed by atoms with Crippen LogP contribution in [0.15, 0.2) is 97.3 Å². The first-order valence-electron chi connectivity index (χ1n) is 12.4. The molecule has 5 aromatic rings. The summed E-state index contributed by atoms with van der Waals surface area (Å²) in [5, 5.41) is 0. The Morgan fingerprint density at radius 2 is 0.750 bits per heavy atom. The van der Waals surface area contributed by atoms with Gasteiger partial charge in [0.1, 0.15) is 0 Å². The molecule has 0 saturated carbocycles. The third-order valence-electron chi connectivity index (χ3n) is 6.69. The molecule has 0 aliphatic carbocycles. The van der Waals surface area contributed by atoms with Crippen LogP contribution < -0.4 is 0 Å². The van der Waals surface area contributed by atoms with Gasteiger partial charge in [-0.15, -0.1) is 0 Å². The Bertz CT molecular complexity index is 1330. The lowest BCUT2D eigenvalue weighted by Crippen LogP contribution is -1.90. The first-order chi connectivity index (χ1) is 17.3. The van der Waals surface area contributed by atoms with Crippen LogP contribution in [0.25, 0.3) is 33.6 Å². The van der Waals surface area contributed by atoms with Crippen LogP contribution in [0.5, 0.6) is 0 Å². The van der Waals surface area contributed by atoms with Gasteiger partial charge in [0.2, 0.25) is 0 Å². The van der Waals surface area contributed by atoms with E-state index < -0.39 is 0 Å². The first-order valence-corrected chi connectivity index (χ1v) is 12.4. The number of benzene rings is 4. The molecule has 5 rings (SSSR count). The maximum Gasteiger partial charge on any atom is 0.159 e. The Labute approximate surface area is 215 Å². The minimum absolute atomic E-state index is 0.765. The van der Waals surface area contributed by atoms with Crippen molar-refractivity contribution in [2.24, 2.45) is 0 Å². The topological polar surface area (TPSA) is 25.8 Å². The fourth-order valence-corrected chi connectivity index (χ4v) is 3.92. The van der Waals surface area contributed by atoms with Gasteiger partial charge in [0.05, 0.1) is 0 Å². The second kappa shape index (κ2) is 11.1. The summed E-state index contributed by atoms with van der Waals surface area (Å²) >= 11 is 0. The predicted octanol–water partition coefficient (Wildman–Crippen LogP) is 9.01. The van der Waals surface area contributed by atoms with Crippen molar-refractivity contribution in [2.45, 2.75) is 41.5 Å². The highest BCUT2D eigenvalue weighted by Crippen LogP contribution is 2.24. The molecule has 36 heavy (non-hydrogen) atoms. The van der Waals surface area contributed by atoms with E-state index in [0.29, 0.717) is 0 Å². The zero-order valence-electron chi connectivity index (χ0n) is 22.1. The van der Waals surface area contributed by atoms with Crippen LogP contribution in [0, 0.1) is 41.5 Å². The quantitative estimate of drug-likeness (QED) is 0.263. The van der Waals surface area contributed by atoms with Crippen LogP contribution in [0.2, 0.25) is 0 Å². The molecule has 1 aromatic heterocycles. The van der Waals surface area contributed by atoms with Gasteiger partial charge in [-0.2, -0.15) is 0 Å². The number of rotatable bonds is 3. The number of aromatic nitrogens is 2. The molecular formula is C34H34N2. The van der Waals surface area contributed by atoms with Crippen molar-refractivity contribution in [1.29, 1.82) is 0 Å². The van der Waals surface area contributed by atoms with Crippen molar-refractivity contribution < 1.29 is 0 Å². The highest BCUT2D eigenvalue weighted by Gasteiger charge is 2.03. The number of hydrogen-bond donors (Lipinski definition) is 0. The third-order valence-corrected chi connectivity index (χ3v) is 6.69. The molecule has 0 aliphatic heterocycles. The Morgan fingerprint density at radius 1 is 0.361 bits per heavy atom. The molecule has 0 spiro atoms. The van der Waals surface area contributed by atoms with Crippen molar-refractivity contribution in [3.8, 4) is 33.6 Å². The summed E-state index contributed by atoms with van der Waals surface area (Å²) in [5.41, 5.74) is 13.8. The fourth-order valence-electron chi connectivity index (χ4n) is 3.92. The van der Waals surface area contributed by atoms with Crippen LogP contribution in [-0.4, -0.2) is 9.97 Å². The molecule has 0 bridgehead atoms. The molecule has 0 aliphatic rings. The highest BCUT2D eigenvalue weighted by atomic mass is 14.9. The third kappa shape index (κ3) is 6.14. The molecule has 0 N–H and O–H groups in total. The number of aryl methyl sites for hydroxylation is 6. The Morgan fingerprint density at radius 3 is 1.17 bits per heavy atom. The second-order valence-electron chi connectivity index (χ2n) is 9.63. The smallest absolute Gasteiger partial charge is 0.159 e. The molecule has 0 fully saturated rings. The van der Waals surface area contributed by atoms with Gasteiger partial charge < -0.3 is 0 Å². The average Bonchev–Trinajstić information content (AvgIpc) is 2.89. The average molecular weight is 471 g/mol. The largest absolute Gasteiger partial charge is 0.236 e. The monoisotopic (exact) mass is 470 g/mol. The summed E-state index contributed by atoms with van der Waals surface area (Å²) in [6.45, 7) is 12.8. The molecule has 2 nitrogen and oxygen atoms in total. The predicted molar refractivity (Wildman–Crippen MR) is 153 cm³/mol. The lowest BCUT2D eigenvalue weighted by molar-refractivity contribution is 1.18. The van der Waals surface area contributed by atoms with E-state index >= 15 is 0 Å². The first kappa shape index (κ1) is 25.1. The minimum atomic E-state index is 0.765. The van der Waals surface area contributed by atoms with Gasteiger partial charge in [0, 0.05) is 23.5 Å². The lowest BCUT2D eigenvalue weighted by Gasteiger charge is -2.08. The minimum Gasteiger partial charge on any atom is -0.236 e. The summed E-state index contributed by atoms with van der Waals surface area (Å²) < 4.78 is 0. The Balaban J connectivity index is 0.000000174. The molecule has 0 saturated heterocycles. The Kier molecular flexibility index (Phi) is 7.75. The van der Waals surface area contributed by atoms with Crippen LogP contribution in [-0.2, 0) is 0 Å². The van der Waals surface area contributed by atoms with Crippen LogP contribution in [0.1, 0.15) is 33.4 Å². The zero-order valence-corrected chi connectivity index (χ0v) is 22.1.